The zero-order chi connectivity index (χ0) is 17.8. The number of benzene rings is 1. The number of para-hydroxylation sites is 1. The van der Waals surface area contributed by atoms with Gasteiger partial charge in [-0.2, -0.15) is 0 Å². The molecule has 0 radical (unpaired) electrons. The zero-order valence-corrected chi connectivity index (χ0v) is 15.1. The molecule has 0 spiro atoms. The molecule has 0 unspecified atom stereocenters. The van der Waals surface area contributed by atoms with Crippen molar-refractivity contribution < 1.29 is 9.32 Å². The first-order chi connectivity index (χ1) is 12.1. The van der Waals surface area contributed by atoms with E-state index in [1.54, 1.807) is 13.0 Å². The van der Waals surface area contributed by atoms with Crippen LogP contribution in [0.1, 0.15) is 24.9 Å². The summed E-state index contributed by atoms with van der Waals surface area (Å²) in [6.45, 7) is 5.63. The number of nitrogens with one attached hydrogen (secondary N) is 1. The molecule has 8 heteroatoms. The van der Waals surface area contributed by atoms with Gasteiger partial charge in [0.05, 0.1) is 5.25 Å². The Morgan fingerprint density at radius 3 is 2.68 bits per heavy atom. The van der Waals surface area contributed by atoms with Gasteiger partial charge >= 0.3 is 0 Å². The molecule has 0 saturated heterocycles. The van der Waals surface area contributed by atoms with Crippen LogP contribution in [0.5, 0.6) is 0 Å². The minimum Gasteiger partial charge on any atom is -0.360 e. The molecule has 2 aromatic heterocycles. The highest BCUT2D eigenvalue weighted by molar-refractivity contribution is 8.00. The van der Waals surface area contributed by atoms with Gasteiger partial charge in [0.1, 0.15) is 11.6 Å². The second-order valence-corrected chi connectivity index (χ2v) is 6.70. The predicted octanol–water partition coefficient (Wildman–Crippen LogP) is 3.38. The van der Waals surface area contributed by atoms with E-state index < -0.39 is 0 Å². The van der Waals surface area contributed by atoms with Crippen LogP contribution in [-0.4, -0.2) is 31.1 Å². The molecule has 0 aliphatic heterocycles. The highest BCUT2D eigenvalue weighted by Gasteiger charge is 2.23. The van der Waals surface area contributed by atoms with Crippen molar-refractivity contribution in [1.82, 2.24) is 19.9 Å². The monoisotopic (exact) mass is 357 g/mol. The van der Waals surface area contributed by atoms with Crippen molar-refractivity contribution in [2.45, 2.75) is 37.6 Å². The van der Waals surface area contributed by atoms with Crippen LogP contribution in [0.2, 0.25) is 0 Å². The molecule has 3 rings (SSSR count). The lowest BCUT2D eigenvalue weighted by atomic mass is 10.3. The number of thioether (sulfide) groups is 1. The Morgan fingerprint density at radius 1 is 1.28 bits per heavy atom. The van der Waals surface area contributed by atoms with Gasteiger partial charge in [0.15, 0.2) is 11.0 Å². The van der Waals surface area contributed by atoms with Crippen LogP contribution in [0.3, 0.4) is 0 Å². The number of amides is 1. The summed E-state index contributed by atoms with van der Waals surface area (Å²) in [6, 6.07) is 11.5. The Balaban J connectivity index is 1.79. The Morgan fingerprint density at radius 2 is 2.04 bits per heavy atom. The molecule has 1 amide bonds. The second kappa shape index (κ2) is 7.52. The minimum atomic E-state index is -0.317. The molecule has 0 aliphatic rings. The molecule has 0 saturated carbocycles. The minimum absolute atomic E-state index is 0.138. The van der Waals surface area contributed by atoms with E-state index in [1.807, 2.05) is 48.7 Å². The van der Waals surface area contributed by atoms with Crippen molar-refractivity contribution in [2.24, 2.45) is 0 Å². The Labute approximate surface area is 149 Å². The molecule has 1 atom stereocenters. The number of carbonyl (C=O) groups excluding carboxylic acids is 1. The smallest absolute Gasteiger partial charge is 0.239 e. The maximum atomic E-state index is 12.5. The third-order valence-corrected chi connectivity index (χ3v) is 4.91. The van der Waals surface area contributed by atoms with E-state index in [0.717, 1.165) is 11.5 Å². The molecule has 1 aromatic carbocycles. The van der Waals surface area contributed by atoms with E-state index in [2.05, 4.69) is 20.7 Å². The number of aromatic nitrogens is 4. The van der Waals surface area contributed by atoms with Gasteiger partial charge in [-0.25, -0.2) is 0 Å². The van der Waals surface area contributed by atoms with Crippen LogP contribution in [0.15, 0.2) is 46.1 Å². The van der Waals surface area contributed by atoms with Gasteiger partial charge in [-0.15, -0.1) is 10.2 Å². The molecule has 2 heterocycles. The maximum Gasteiger partial charge on any atom is 0.239 e. The van der Waals surface area contributed by atoms with Crippen LogP contribution < -0.4 is 5.32 Å². The first-order valence-electron chi connectivity index (χ1n) is 7.96. The topological polar surface area (TPSA) is 85.8 Å². The number of hydrogen-bond donors (Lipinski definition) is 1. The van der Waals surface area contributed by atoms with E-state index in [-0.39, 0.29) is 11.2 Å². The van der Waals surface area contributed by atoms with Gasteiger partial charge in [-0.05, 0) is 32.4 Å². The van der Waals surface area contributed by atoms with Crippen LogP contribution in [0.4, 0.5) is 5.82 Å². The van der Waals surface area contributed by atoms with Gasteiger partial charge in [-0.1, -0.05) is 42.0 Å². The van der Waals surface area contributed by atoms with Crippen molar-refractivity contribution >= 4 is 23.5 Å². The van der Waals surface area contributed by atoms with Gasteiger partial charge in [0, 0.05) is 11.8 Å². The van der Waals surface area contributed by atoms with Gasteiger partial charge in [0.2, 0.25) is 5.91 Å². The van der Waals surface area contributed by atoms with Crippen LogP contribution in [0.25, 0.3) is 5.69 Å². The summed E-state index contributed by atoms with van der Waals surface area (Å²) in [4.78, 5) is 12.5. The predicted molar refractivity (Wildman–Crippen MR) is 95.9 cm³/mol. The molecule has 130 valence electrons. The first kappa shape index (κ1) is 17.2. The van der Waals surface area contributed by atoms with Crippen molar-refractivity contribution in [3.8, 4) is 5.69 Å². The van der Waals surface area contributed by atoms with E-state index in [9.17, 15) is 4.79 Å². The van der Waals surface area contributed by atoms with Crippen LogP contribution >= 0.6 is 11.8 Å². The number of rotatable bonds is 6. The molecule has 25 heavy (non-hydrogen) atoms. The lowest BCUT2D eigenvalue weighted by Crippen LogP contribution is -2.25. The highest BCUT2D eigenvalue weighted by Crippen LogP contribution is 2.28. The van der Waals surface area contributed by atoms with Gasteiger partial charge in [0.25, 0.3) is 0 Å². The van der Waals surface area contributed by atoms with Crippen LogP contribution in [-0.2, 0) is 4.79 Å². The fraction of sp³-hybridized carbons (Fsp3) is 0.294. The summed E-state index contributed by atoms with van der Waals surface area (Å²) in [5, 5.41) is 15.3. The Hall–Kier alpha value is -2.61. The van der Waals surface area contributed by atoms with Crippen molar-refractivity contribution in [3.05, 3.63) is 48.0 Å². The number of anilines is 1. The second-order valence-electron chi connectivity index (χ2n) is 5.53. The van der Waals surface area contributed by atoms with Gasteiger partial charge < -0.3 is 9.84 Å². The fourth-order valence-corrected chi connectivity index (χ4v) is 3.39. The Kier molecular flexibility index (Phi) is 5.18. The normalized spacial score (nSPS) is 12.1. The van der Waals surface area contributed by atoms with Crippen molar-refractivity contribution in [2.75, 3.05) is 5.32 Å². The number of aryl methyl sites for hydroxylation is 2. The third kappa shape index (κ3) is 3.90. The largest absolute Gasteiger partial charge is 0.360 e. The molecular weight excluding hydrogens is 338 g/mol. The highest BCUT2D eigenvalue weighted by atomic mass is 32.2. The number of hydrogen-bond acceptors (Lipinski definition) is 6. The molecule has 3 aromatic rings. The lowest BCUT2D eigenvalue weighted by molar-refractivity contribution is -0.115. The van der Waals surface area contributed by atoms with E-state index in [0.29, 0.717) is 23.2 Å². The van der Waals surface area contributed by atoms with E-state index in [4.69, 9.17) is 4.52 Å². The summed E-state index contributed by atoms with van der Waals surface area (Å²) in [5.41, 5.74) is 0.967. The summed E-state index contributed by atoms with van der Waals surface area (Å²) >= 11 is 1.38. The van der Waals surface area contributed by atoms with Crippen molar-refractivity contribution in [3.63, 3.8) is 0 Å². The average molecular weight is 357 g/mol. The molecule has 0 fully saturated rings. The maximum absolute atomic E-state index is 12.5. The summed E-state index contributed by atoms with van der Waals surface area (Å²) < 4.78 is 6.92. The SMILES string of the molecule is CC[C@@H](Sc1nnc(C)n1-c1ccccc1)C(=O)Nc1cc(C)on1. The molecule has 1 N–H and O–H groups in total. The third-order valence-electron chi connectivity index (χ3n) is 3.60. The lowest BCUT2D eigenvalue weighted by Gasteiger charge is -2.14. The zero-order valence-electron chi connectivity index (χ0n) is 14.3. The summed E-state index contributed by atoms with van der Waals surface area (Å²) in [6.07, 6.45) is 0.647. The van der Waals surface area contributed by atoms with E-state index in [1.165, 1.54) is 11.8 Å². The van der Waals surface area contributed by atoms with E-state index >= 15 is 0 Å². The Bertz CT molecular complexity index is 859. The van der Waals surface area contributed by atoms with Crippen molar-refractivity contribution in [1.29, 1.82) is 0 Å². The van der Waals surface area contributed by atoms with Crippen LogP contribution in [0, 0.1) is 13.8 Å². The number of carbonyl (C=O) groups is 1. The molecule has 7 nitrogen and oxygen atoms in total. The summed E-state index contributed by atoms with van der Waals surface area (Å²) in [5.74, 6) is 1.70. The summed E-state index contributed by atoms with van der Waals surface area (Å²) in [7, 11) is 0. The molecule has 0 bridgehead atoms. The molecule has 0 aliphatic carbocycles. The number of nitrogens with zero attached hydrogens (tertiary/aromatic N) is 4. The van der Waals surface area contributed by atoms with Gasteiger partial charge in [-0.3, -0.25) is 9.36 Å². The fourth-order valence-electron chi connectivity index (χ4n) is 2.38. The quantitative estimate of drug-likeness (QED) is 0.681. The first-order valence-corrected chi connectivity index (χ1v) is 8.84. The molecular formula is C17H19N5O2S. The average Bonchev–Trinajstić information content (AvgIpc) is 3.18. The standard InChI is InChI=1S/C17H19N5O2S/c1-4-14(16(23)18-15-10-11(2)24-21-15)25-17-20-19-12(3)22(17)13-8-6-5-7-9-13/h5-10,14H,4H2,1-3H3,(H,18,21,23)/t14-/m1/s1.